The zero-order valence-corrected chi connectivity index (χ0v) is 21.6. The predicted octanol–water partition coefficient (Wildman–Crippen LogP) is 6.63. The normalized spacial score (nSPS) is 11.8. The smallest absolute Gasteiger partial charge is 0.269 e. The Bertz CT molecular complexity index is 1450. The number of thiazole rings is 1. The molecule has 11 heteroatoms. The maximum Gasteiger partial charge on any atom is 0.269 e. The lowest BCUT2D eigenvalue weighted by atomic mass is 10.0. The van der Waals surface area contributed by atoms with E-state index in [9.17, 15) is 10.1 Å². The lowest BCUT2D eigenvalue weighted by molar-refractivity contribution is -0.384. The quantitative estimate of drug-likeness (QED) is 0.158. The fourth-order valence-electron chi connectivity index (χ4n) is 3.67. The first kappa shape index (κ1) is 24.0. The average molecular weight is 536 g/mol. The number of hydrogen-bond acceptors (Lipinski definition) is 10. The molecule has 0 aliphatic rings. The van der Waals surface area contributed by atoms with Gasteiger partial charge in [-0.2, -0.15) is 0 Å². The Hall–Kier alpha value is -3.67. The third-order valence-electron chi connectivity index (χ3n) is 5.45. The van der Waals surface area contributed by atoms with Gasteiger partial charge in [0.1, 0.15) is 15.8 Å². The molecular formula is C25H21N5O3S3. The minimum Gasteiger partial charge on any atom is -0.497 e. The van der Waals surface area contributed by atoms with E-state index in [0.717, 1.165) is 37.5 Å². The molecule has 0 amide bonds. The molecule has 1 unspecified atom stereocenters. The summed E-state index contributed by atoms with van der Waals surface area (Å²) < 4.78 is 5.32. The lowest BCUT2D eigenvalue weighted by Gasteiger charge is -2.16. The summed E-state index contributed by atoms with van der Waals surface area (Å²) in [7, 11) is 1.65. The third kappa shape index (κ3) is 5.76. The number of benzene rings is 2. The van der Waals surface area contributed by atoms with E-state index in [2.05, 4.69) is 27.0 Å². The van der Waals surface area contributed by atoms with Gasteiger partial charge >= 0.3 is 0 Å². The molecule has 1 atom stereocenters. The molecule has 0 fully saturated rings. The van der Waals surface area contributed by atoms with Crippen LogP contribution in [-0.2, 0) is 12.8 Å². The minimum atomic E-state index is -0.391. The maximum absolute atomic E-state index is 11.0. The Kier molecular flexibility index (Phi) is 7.31. The molecule has 0 saturated carbocycles. The number of nitro groups is 1. The van der Waals surface area contributed by atoms with Crippen molar-refractivity contribution >= 4 is 44.8 Å². The summed E-state index contributed by atoms with van der Waals surface area (Å²) in [6.45, 7) is 0. The molecule has 3 aromatic heterocycles. The van der Waals surface area contributed by atoms with Gasteiger partial charge in [-0.1, -0.05) is 41.7 Å². The molecule has 1 N–H and O–H groups in total. The van der Waals surface area contributed by atoms with E-state index in [1.165, 1.54) is 23.5 Å². The van der Waals surface area contributed by atoms with Gasteiger partial charge in [-0.3, -0.25) is 10.1 Å². The molecule has 36 heavy (non-hydrogen) atoms. The number of anilines is 1. The van der Waals surface area contributed by atoms with Crippen molar-refractivity contribution in [3.63, 3.8) is 0 Å². The van der Waals surface area contributed by atoms with Crippen molar-refractivity contribution in [2.45, 2.75) is 18.9 Å². The highest BCUT2D eigenvalue weighted by Gasteiger charge is 2.20. The largest absolute Gasteiger partial charge is 0.497 e. The zero-order valence-electron chi connectivity index (χ0n) is 19.2. The van der Waals surface area contributed by atoms with Crippen LogP contribution < -0.4 is 10.1 Å². The molecule has 0 saturated heterocycles. The van der Waals surface area contributed by atoms with Crippen LogP contribution >= 0.6 is 34.0 Å². The molecule has 0 aliphatic carbocycles. The molecule has 182 valence electrons. The molecule has 5 aromatic rings. The number of nitro benzene ring substituents is 1. The van der Waals surface area contributed by atoms with Crippen LogP contribution in [0.25, 0.3) is 9.88 Å². The van der Waals surface area contributed by atoms with Crippen molar-refractivity contribution in [3.05, 3.63) is 103 Å². The number of non-ortho nitro benzene ring substituents is 1. The van der Waals surface area contributed by atoms with Crippen LogP contribution in [0.3, 0.4) is 0 Å². The summed E-state index contributed by atoms with van der Waals surface area (Å²) in [5.74, 6) is 0.809. The van der Waals surface area contributed by atoms with E-state index in [-0.39, 0.29) is 11.7 Å². The van der Waals surface area contributed by atoms with Crippen molar-refractivity contribution in [3.8, 4) is 15.6 Å². The zero-order chi connectivity index (χ0) is 24.9. The summed E-state index contributed by atoms with van der Waals surface area (Å²) >= 11 is 4.75. The van der Waals surface area contributed by atoms with E-state index in [1.54, 1.807) is 41.9 Å². The van der Waals surface area contributed by atoms with Crippen molar-refractivity contribution in [2.75, 3.05) is 12.4 Å². The summed E-state index contributed by atoms with van der Waals surface area (Å²) in [6.07, 6.45) is 1.25. The second-order valence-corrected chi connectivity index (χ2v) is 10.8. The van der Waals surface area contributed by atoms with Gasteiger partial charge in [-0.15, -0.1) is 32.9 Å². The lowest BCUT2D eigenvalue weighted by Crippen LogP contribution is -2.14. The number of ether oxygens (including phenoxy) is 1. The Balaban J connectivity index is 1.37. The van der Waals surface area contributed by atoms with Crippen LogP contribution in [0, 0.1) is 10.1 Å². The number of methoxy groups -OCH3 is 1. The van der Waals surface area contributed by atoms with Gasteiger partial charge in [-0.25, -0.2) is 4.98 Å². The number of aromatic nitrogens is 3. The first-order valence-electron chi connectivity index (χ1n) is 11.0. The number of rotatable bonds is 10. The van der Waals surface area contributed by atoms with E-state index in [1.807, 2.05) is 35.7 Å². The molecule has 0 aliphatic heterocycles. The van der Waals surface area contributed by atoms with Crippen molar-refractivity contribution in [1.82, 2.24) is 15.2 Å². The van der Waals surface area contributed by atoms with Crippen molar-refractivity contribution < 1.29 is 9.66 Å². The third-order valence-corrected chi connectivity index (χ3v) is 8.21. The average Bonchev–Trinajstić information content (AvgIpc) is 3.66. The van der Waals surface area contributed by atoms with Gasteiger partial charge in [0.2, 0.25) is 5.13 Å². The minimum absolute atomic E-state index is 0.0724. The van der Waals surface area contributed by atoms with E-state index in [4.69, 9.17) is 9.72 Å². The molecule has 0 spiro atoms. The van der Waals surface area contributed by atoms with Gasteiger partial charge < -0.3 is 10.1 Å². The summed E-state index contributed by atoms with van der Waals surface area (Å²) in [5, 5.41) is 29.9. The first-order chi connectivity index (χ1) is 17.6. The number of thiophene rings is 1. The monoisotopic (exact) mass is 535 g/mol. The van der Waals surface area contributed by atoms with Gasteiger partial charge in [-0.05, 0) is 41.1 Å². The van der Waals surface area contributed by atoms with Gasteiger partial charge in [0.15, 0.2) is 0 Å². The molecule has 0 radical (unpaired) electrons. The Morgan fingerprint density at radius 1 is 1.06 bits per heavy atom. The van der Waals surface area contributed by atoms with E-state index < -0.39 is 4.92 Å². The fourth-order valence-corrected chi connectivity index (χ4v) is 6.18. The molecular weight excluding hydrogens is 515 g/mol. The highest BCUT2D eigenvalue weighted by atomic mass is 32.1. The molecule has 2 aromatic carbocycles. The molecule has 8 nitrogen and oxygen atoms in total. The number of nitrogens with one attached hydrogen (secondary N) is 1. The Morgan fingerprint density at radius 3 is 2.67 bits per heavy atom. The molecule has 3 heterocycles. The van der Waals surface area contributed by atoms with Crippen LogP contribution in [-0.4, -0.2) is 27.2 Å². The molecule has 0 bridgehead atoms. The Morgan fingerprint density at radius 2 is 1.92 bits per heavy atom. The van der Waals surface area contributed by atoms with Crippen LogP contribution in [0.1, 0.15) is 27.9 Å². The van der Waals surface area contributed by atoms with Gasteiger partial charge in [0.05, 0.1) is 28.6 Å². The van der Waals surface area contributed by atoms with Crippen LogP contribution in [0.4, 0.5) is 10.8 Å². The van der Waals surface area contributed by atoms with Gasteiger partial charge in [0, 0.05) is 23.9 Å². The fraction of sp³-hybridized carbons (Fsp3) is 0.160. The van der Waals surface area contributed by atoms with Crippen molar-refractivity contribution in [1.29, 1.82) is 0 Å². The van der Waals surface area contributed by atoms with E-state index in [0.29, 0.717) is 18.0 Å². The van der Waals surface area contributed by atoms with Gasteiger partial charge in [0.25, 0.3) is 5.69 Å². The second kappa shape index (κ2) is 10.9. The van der Waals surface area contributed by atoms with Crippen LogP contribution in [0.5, 0.6) is 5.75 Å². The highest BCUT2D eigenvalue weighted by molar-refractivity contribution is 7.20. The van der Waals surface area contributed by atoms with Crippen LogP contribution in [0.2, 0.25) is 0 Å². The van der Waals surface area contributed by atoms with Crippen molar-refractivity contribution in [2.24, 2.45) is 0 Å². The predicted molar refractivity (Wildman–Crippen MR) is 144 cm³/mol. The number of hydrogen-bond donors (Lipinski definition) is 1. The standard InChI is InChI=1S/C25H21N5O3S3/c1-33-19-5-2-4-17(12-19)14-23-28-29-25(36-23)27-20(13-16-7-9-18(10-8-16)30(31)32)21-15-35-24(26-21)22-6-3-11-34-22/h2-12,15,20H,13-14H2,1H3,(H,27,29). The van der Waals surface area contributed by atoms with E-state index >= 15 is 0 Å². The second-order valence-electron chi connectivity index (χ2n) is 7.91. The first-order valence-corrected chi connectivity index (χ1v) is 13.6. The Labute approximate surface area is 219 Å². The topological polar surface area (TPSA) is 103 Å². The SMILES string of the molecule is COc1cccc(Cc2nnc(NC(Cc3ccc([N+](=O)[O-])cc3)c3csc(-c4cccs4)n3)s2)c1. The van der Waals surface area contributed by atoms with Crippen LogP contribution in [0.15, 0.2) is 71.4 Å². The summed E-state index contributed by atoms with van der Waals surface area (Å²) in [6, 6.07) is 18.4. The molecule has 5 rings (SSSR count). The highest BCUT2D eigenvalue weighted by Crippen LogP contribution is 2.33. The summed E-state index contributed by atoms with van der Waals surface area (Å²) in [4.78, 5) is 16.7. The maximum atomic E-state index is 11.0. The number of nitrogens with zero attached hydrogens (tertiary/aromatic N) is 4. The summed E-state index contributed by atoms with van der Waals surface area (Å²) in [5.41, 5.74) is 3.03.